The molecule has 90 valence electrons. The van der Waals surface area contributed by atoms with E-state index in [9.17, 15) is 0 Å². The summed E-state index contributed by atoms with van der Waals surface area (Å²) in [4.78, 5) is 4.51. The van der Waals surface area contributed by atoms with E-state index in [1.165, 1.54) is 18.6 Å². The largest absolute Gasteiger partial charge is 0.439 e. The lowest BCUT2D eigenvalue weighted by Crippen LogP contribution is -2.01. The van der Waals surface area contributed by atoms with E-state index < -0.39 is 0 Å². The zero-order valence-corrected chi connectivity index (χ0v) is 10.9. The van der Waals surface area contributed by atoms with E-state index in [-0.39, 0.29) is 0 Å². The molecule has 0 spiro atoms. The highest BCUT2D eigenvalue weighted by molar-refractivity contribution is 7.99. The zero-order valence-electron chi connectivity index (χ0n) is 9.28. The highest BCUT2D eigenvalue weighted by Crippen LogP contribution is 2.39. The molecule has 1 fully saturated rings. The van der Waals surface area contributed by atoms with Crippen molar-refractivity contribution in [3.8, 4) is 0 Å². The topological polar surface area (TPSA) is 52.0 Å². The van der Waals surface area contributed by atoms with Gasteiger partial charge in [-0.15, -0.1) is 11.8 Å². The van der Waals surface area contributed by atoms with E-state index >= 15 is 0 Å². The molecule has 1 unspecified atom stereocenters. The number of nitrogen functional groups attached to an aromatic ring is 1. The molecule has 1 aromatic carbocycles. The standard InChI is InChI=1S/C12H13ClN2OS/c13-7-5-9-10(6-8(7)14)16-12(15-9)11-3-1-2-4-17-11/h5-6,11H,1-4,14H2. The van der Waals surface area contributed by atoms with E-state index in [1.54, 1.807) is 12.1 Å². The number of thioether (sulfide) groups is 1. The quantitative estimate of drug-likeness (QED) is 0.794. The van der Waals surface area contributed by atoms with E-state index in [1.807, 2.05) is 11.8 Å². The lowest BCUT2D eigenvalue weighted by atomic mass is 10.2. The minimum Gasteiger partial charge on any atom is -0.439 e. The summed E-state index contributed by atoms with van der Waals surface area (Å²) in [6.07, 6.45) is 3.68. The first-order valence-electron chi connectivity index (χ1n) is 5.71. The molecule has 1 aromatic heterocycles. The highest BCUT2D eigenvalue weighted by atomic mass is 35.5. The lowest BCUT2D eigenvalue weighted by Gasteiger charge is -2.17. The van der Waals surface area contributed by atoms with Crippen LogP contribution in [-0.2, 0) is 0 Å². The van der Waals surface area contributed by atoms with Crippen LogP contribution in [0.15, 0.2) is 16.5 Å². The van der Waals surface area contributed by atoms with Crippen LogP contribution in [0, 0.1) is 0 Å². The van der Waals surface area contributed by atoms with Gasteiger partial charge < -0.3 is 10.2 Å². The number of hydrogen-bond donors (Lipinski definition) is 1. The van der Waals surface area contributed by atoms with Gasteiger partial charge in [0.1, 0.15) is 5.52 Å². The van der Waals surface area contributed by atoms with Crippen molar-refractivity contribution in [3.63, 3.8) is 0 Å². The van der Waals surface area contributed by atoms with Gasteiger partial charge in [-0.3, -0.25) is 0 Å². The number of benzene rings is 1. The Labute approximate surface area is 109 Å². The van der Waals surface area contributed by atoms with Crippen molar-refractivity contribution in [2.45, 2.75) is 24.5 Å². The maximum Gasteiger partial charge on any atom is 0.208 e. The molecule has 0 bridgehead atoms. The second kappa shape index (κ2) is 4.42. The third-order valence-corrected chi connectivity index (χ3v) is 4.67. The predicted octanol–water partition coefficient (Wildman–Crippen LogP) is 4.02. The molecule has 3 rings (SSSR count). The minimum atomic E-state index is 0.385. The van der Waals surface area contributed by atoms with Crippen LogP contribution < -0.4 is 5.73 Å². The fourth-order valence-electron chi connectivity index (χ4n) is 2.06. The van der Waals surface area contributed by atoms with Crippen molar-refractivity contribution in [1.82, 2.24) is 4.98 Å². The number of hydrogen-bond acceptors (Lipinski definition) is 4. The van der Waals surface area contributed by atoms with Crippen LogP contribution in [0.3, 0.4) is 0 Å². The molecule has 0 aliphatic carbocycles. The molecule has 0 radical (unpaired) electrons. The number of anilines is 1. The fraction of sp³-hybridized carbons (Fsp3) is 0.417. The molecule has 2 N–H and O–H groups in total. The Bertz CT molecular complexity index is 510. The fourth-order valence-corrected chi connectivity index (χ4v) is 3.45. The Kier molecular flexibility index (Phi) is 2.92. The Morgan fingerprint density at radius 1 is 1.41 bits per heavy atom. The third-order valence-electron chi connectivity index (χ3n) is 2.98. The summed E-state index contributed by atoms with van der Waals surface area (Å²) in [5.74, 6) is 2.00. The van der Waals surface area contributed by atoms with Gasteiger partial charge in [0.15, 0.2) is 5.58 Å². The van der Waals surface area contributed by atoms with E-state index in [0.717, 1.165) is 23.4 Å². The second-order valence-corrected chi connectivity index (χ2v) is 5.97. The third kappa shape index (κ3) is 2.11. The van der Waals surface area contributed by atoms with Crippen LogP contribution >= 0.6 is 23.4 Å². The molecule has 17 heavy (non-hydrogen) atoms. The molecule has 1 saturated heterocycles. The molecule has 0 saturated carbocycles. The first kappa shape index (κ1) is 11.2. The number of nitrogens with zero attached hydrogens (tertiary/aromatic N) is 1. The lowest BCUT2D eigenvalue weighted by molar-refractivity contribution is 0.501. The molecular formula is C12H13ClN2OS. The Morgan fingerprint density at radius 3 is 3.06 bits per heavy atom. The monoisotopic (exact) mass is 268 g/mol. The molecule has 2 aromatic rings. The first-order chi connectivity index (χ1) is 8.24. The van der Waals surface area contributed by atoms with Crippen molar-refractivity contribution >= 4 is 40.1 Å². The molecule has 3 nitrogen and oxygen atoms in total. The van der Waals surface area contributed by atoms with Crippen molar-refractivity contribution in [2.24, 2.45) is 0 Å². The van der Waals surface area contributed by atoms with Crippen molar-refractivity contribution in [3.05, 3.63) is 23.0 Å². The molecule has 1 aliphatic heterocycles. The van der Waals surface area contributed by atoms with Crippen molar-refractivity contribution < 1.29 is 4.42 Å². The van der Waals surface area contributed by atoms with Gasteiger partial charge in [-0.25, -0.2) is 4.98 Å². The van der Waals surface area contributed by atoms with Gasteiger partial charge in [-0.05, 0) is 24.7 Å². The number of halogens is 1. The van der Waals surface area contributed by atoms with E-state index in [2.05, 4.69) is 4.98 Å². The molecule has 5 heteroatoms. The summed E-state index contributed by atoms with van der Waals surface area (Å²) >= 11 is 7.89. The number of fused-ring (bicyclic) bond motifs is 1. The summed E-state index contributed by atoms with van der Waals surface area (Å²) < 4.78 is 5.77. The van der Waals surface area contributed by atoms with Gasteiger partial charge in [0.05, 0.1) is 16.0 Å². The Balaban J connectivity index is 2.00. The number of oxazole rings is 1. The van der Waals surface area contributed by atoms with Gasteiger partial charge in [-0.2, -0.15) is 0 Å². The van der Waals surface area contributed by atoms with E-state index in [0.29, 0.717) is 16.0 Å². The van der Waals surface area contributed by atoms with Gasteiger partial charge in [0.2, 0.25) is 5.89 Å². The van der Waals surface area contributed by atoms with Crippen LogP contribution in [0.25, 0.3) is 11.1 Å². The van der Waals surface area contributed by atoms with Gasteiger partial charge in [0.25, 0.3) is 0 Å². The number of nitrogens with two attached hydrogens (primary N) is 1. The zero-order chi connectivity index (χ0) is 11.8. The van der Waals surface area contributed by atoms with Gasteiger partial charge in [-0.1, -0.05) is 18.0 Å². The predicted molar refractivity (Wildman–Crippen MR) is 72.5 cm³/mol. The molecular weight excluding hydrogens is 256 g/mol. The summed E-state index contributed by atoms with van der Waals surface area (Å²) in [6, 6.07) is 3.52. The Hall–Kier alpha value is -0.870. The maximum atomic E-state index is 5.97. The smallest absolute Gasteiger partial charge is 0.208 e. The summed E-state index contributed by atoms with van der Waals surface area (Å²) in [5.41, 5.74) is 7.82. The SMILES string of the molecule is Nc1cc2oc(C3CCCCS3)nc2cc1Cl. The summed E-state index contributed by atoms with van der Waals surface area (Å²) in [6.45, 7) is 0. The summed E-state index contributed by atoms with van der Waals surface area (Å²) in [5, 5.41) is 0.921. The molecule has 0 amide bonds. The first-order valence-corrected chi connectivity index (χ1v) is 7.14. The normalized spacial score (nSPS) is 20.9. The molecule has 2 heterocycles. The average Bonchev–Trinajstić information content (AvgIpc) is 2.74. The number of aromatic nitrogens is 1. The maximum absolute atomic E-state index is 5.97. The molecule has 1 aliphatic rings. The minimum absolute atomic E-state index is 0.385. The van der Waals surface area contributed by atoms with Crippen molar-refractivity contribution in [2.75, 3.05) is 11.5 Å². The van der Waals surface area contributed by atoms with Crippen LogP contribution in [0.1, 0.15) is 30.4 Å². The molecule has 1 atom stereocenters. The van der Waals surface area contributed by atoms with Crippen LogP contribution in [0.5, 0.6) is 0 Å². The number of rotatable bonds is 1. The Morgan fingerprint density at radius 2 is 2.29 bits per heavy atom. The van der Waals surface area contributed by atoms with Crippen LogP contribution in [-0.4, -0.2) is 10.7 Å². The van der Waals surface area contributed by atoms with Crippen LogP contribution in [0.4, 0.5) is 5.69 Å². The second-order valence-electron chi connectivity index (χ2n) is 4.25. The summed E-state index contributed by atoms with van der Waals surface area (Å²) in [7, 11) is 0. The van der Waals surface area contributed by atoms with Gasteiger partial charge in [0, 0.05) is 6.07 Å². The van der Waals surface area contributed by atoms with Gasteiger partial charge >= 0.3 is 0 Å². The van der Waals surface area contributed by atoms with Crippen molar-refractivity contribution in [1.29, 1.82) is 0 Å². The highest BCUT2D eigenvalue weighted by Gasteiger charge is 2.21. The van der Waals surface area contributed by atoms with Crippen LogP contribution in [0.2, 0.25) is 5.02 Å². The average molecular weight is 269 g/mol. The van der Waals surface area contributed by atoms with E-state index in [4.69, 9.17) is 21.8 Å².